The van der Waals surface area contributed by atoms with E-state index in [9.17, 15) is 9.59 Å². The topological polar surface area (TPSA) is 85.2 Å². The highest BCUT2D eigenvalue weighted by Crippen LogP contribution is 2.26. The van der Waals surface area contributed by atoms with E-state index in [0.717, 1.165) is 39.6 Å². The maximum Gasteiger partial charge on any atom is 0.224 e. The monoisotopic (exact) mass is 418 g/mol. The number of nitrogens with zero attached hydrogens (tertiary/aromatic N) is 2. The maximum absolute atomic E-state index is 12.5. The summed E-state index contributed by atoms with van der Waals surface area (Å²) in [5.74, 6) is 0.721. The molecule has 0 bridgehead atoms. The van der Waals surface area contributed by atoms with Gasteiger partial charge in [0.05, 0.1) is 24.3 Å². The number of amides is 2. The minimum atomic E-state index is -0.0597. The zero-order valence-electron chi connectivity index (χ0n) is 17.8. The quantitative estimate of drug-likeness (QED) is 0.578. The van der Waals surface area contributed by atoms with Crippen LogP contribution in [0.3, 0.4) is 0 Å². The van der Waals surface area contributed by atoms with Crippen LogP contribution in [0.2, 0.25) is 0 Å². The van der Waals surface area contributed by atoms with Crippen LogP contribution in [0, 0.1) is 13.8 Å². The SMILES string of the molecule is Cc1nn(-c2ccccc2)c(C)c1CC(=O)NCCOc1ccc2c(c1)CCC(=O)N2. The third kappa shape index (κ3) is 4.77. The normalized spacial score (nSPS) is 12.8. The van der Waals surface area contributed by atoms with Crippen molar-refractivity contribution in [3.05, 3.63) is 71.0 Å². The summed E-state index contributed by atoms with van der Waals surface area (Å²) in [7, 11) is 0. The molecule has 1 aliphatic rings. The number of aromatic nitrogens is 2. The van der Waals surface area contributed by atoms with Crippen molar-refractivity contribution in [3.63, 3.8) is 0 Å². The first-order chi connectivity index (χ1) is 15.0. The Morgan fingerprint density at radius 2 is 1.97 bits per heavy atom. The molecule has 4 rings (SSSR count). The molecule has 7 nitrogen and oxygen atoms in total. The van der Waals surface area contributed by atoms with Gasteiger partial charge in [-0.2, -0.15) is 5.10 Å². The lowest BCUT2D eigenvalue weighted by Gasteiger charge is -2.17. The van der Waals surface area contributed by atoms with Gasteiger partial charge in [0.15, 0.2) is 0 Å². The number of ether oxygens (including phenoxy) is 1. The summed E-state index contributed by atoms with van der Waals surface area (Å²) in [5, 5.41) is 10.4. The van der Waals surface area contributed by atoms with Gasteiger partial charge in [0.2, 0.25) is 11.8 Å². The predicted octanol–water partition coefficient (Wildman–Crippen LogP) is 3.11. The van der Waals surface area contributed by atoms with Gasteiger partial charge in [-0.3, -0.25) is 9.59 Å². The molecule has 7 heteroatoms. The molecule has 3 aromatic rings. The highest BCUT2D eigenvalue weighted by molar-refractivity contribution is 5.94. The van der Waals surface area contributed by atoms with Gasteiger partial charge in [0.25, 0.3) is 0 Å². The van der Waals surface area contributed by atoms with E-state index < -0.39 is 0 Å². The van der Waals surface area contributed by atoms with Crippen molar-refractivity contribution in [2.45, 2.75) is 33.1 Å². The number of hydrogen-bond donors (Lipinski definition) is 2. The molecule has 2 N–H and O–H groups in total. The van der Waals surface area contributed by atoms with E-state index in [1.54, 1.807) is 0 Å². The second-order valence-electron chi connectivity index (χ2n) is 7.64. The number of aryl methyl sites for hydroxylation is 2. The number of carbonyl (C=O) groups excluding carboxylic acids is 2. The first kappa shape index (κ1) is 20.7. The van der Waals surface area contributed by atoms with E-state index in [0.29, 0.717) is 26.0 Å². The Balaban J connectivity index is 1.29. The minimum absolute atomic E-state index is 0.0451. The number of fused-ring (bicyclic) bond motifs is 1. The summed E-state index contributed by atoms with van der Waals surface area (Å²) < 4.78 is 7.64. The molecule has 0 fully saturated rings. The van der Waals surface area contributed by atoms with Crippen molar-refractivity contribution in [2.24, 2.45) is 0 Å². The fourth-order valence-corrected chi connectivity index (χ4v) is 3.78. The second kappa shape index (κ2) is 9.04. The largest absolute Gasteiger partial charge is 0.492 e. The van der Waals surface area contributed by atoms with E-state index in [-0.39, 0.29) is 18.2 Å². The van der Waals surface area contributed by atoms with Crippen LogP contribution in [0.1, 0.15) is 28.9 Å². The first-order valence-electron chi connectivity index (χ1n) is 10.4. The van der Waals surface area contributed by atoms with Gasteiger partial charge >= 0.3 is 0 Å². The number of hydrogen-bond acceptors (Lipinski definition) is 4. The van der Waals surface area contributed by atoms with Crippen LogP contribution >= 0.6 is 0 Å². The van der Waals surface area contributed by atoms with Gasteiger partial charge in [-0.05, 0) is 56.2 Å². The molecule has 0 saturated heterocycles. The van der Waals surface area contributed by atoms with Crippen LogP contribution in [0.4, 0.5) is 5.69 Å². The standard InChI is InChI=1S/C24H26N4O3/c1-16-21(17(2)28(27-16)19-6-4-3-5-7-19)15-24(30)25-12-13-31-20-9-10-22-18(14-20)8-11-23(29)26-22/h3-7,9-10,14H,8,11-13,15H2,1-2H3,(H,25,30)(H,26,29). The van der Waals surface area contributed by atoms with E-state index in [4.69, 9.17) is 4.74 Å². The molecule has 0 aliphatic carbocycles. The van der Waals surface area contributed by atoms with Crippen LogP contribution in [-0.4, -0.2) is 34.7 Å². The summed E-state index contributed by atoms with van der Waals surface area (Å²) in [4.78, 5) is 23.9. The van der Waals surface area contributed by atoms with E-state index in [2.05, 4.69) is 15.7 Å². The number of rotatable bonds is 7. The van der Waals surface area contributed by atoms with Gasteiger partial charge < -0.3 is 15.4 Å². The molecule has 1 aliphatic heterocycles. The lowest BCUT2D eigenvalue weighted by molar-refractivity contribution is -0.120. The van der Waals surface area contributed by atoms with E-state index >= 15 is 0 Å². The average Bonchev–Trinajstić information content (AvgIpc) is 3.05. The summed E-state index contributed by atoms with van der Waals surface area (Å²) in [6.07, 6.45) is 1.49. The molecule has 1 aromatic heterocycles. The van der Waals surface area contributed by atoms with Crippen LogP contribution in [0.25, 0.3) is 5.69 Å². The van der Waals surface area contributed by atoms with Gasteiger partial charge in [0, 0.05) is 23.4 Å². The third-order valence-electron chi connectivity index (χ3n) is 5.44. The van der Waals surface area contributed by atoms with Crippen LogP contribution in [0.15, 0.2) is 48.5 Å². The van der Waals surface area contributed by atoms with Crippen molar-refractivity contribution in [1.29, 1.82) is 0 Å². The Morgan fingerprint density at radius 1 is 1.16 bits per heavy atom. The van der Waals surface area contributed by atoms with Gasteiger partial charge in [-0.15, -0.1) is 0 Å². The summed E-state index contributed by atoms with van der Waals surface area (Å²) >= 11 is 0. The Labute approximate surface area is 181 Å². The molecule has 160 valence electrons. The smallest absolute Gasteiger partial charge is 0.224 e. The molecule has 0 saturated carbocycles. The van der Waals surface area contributed by atoms with Crippen LogP contribution < -0.4 is 15.4 Å². The molecule has 0 radical (unpaired) electrons. The van der Waals surface area contributed by atoms with Crippen molar-refractivity contribution in [3.8, 4) is 11.4 Å². The van der Waals surface area contributed by atoms with Crippen LogP contribution in [0.5, 0.6) is 5.75 Å². The average molecular weight is 418 g/mol. The summed E-state index contributed by atoms with van der Waals surface area (Å²) in [6, 6.07) is 15.5. The molecule has 2 aromatic carbocycles. The Hall–Kier alpha value is -3.61. The molecular formula is C24H26N4O3. The van der Waals surface area contributed by atoms with Crippen molar-refractivity contribution >= 4 is 17.5 Å². The van der Waals surface area contributed by atoms with Gasteiger partial charge in [-0.25, -0.2) is 4.68 Å². The molecule has 2 heterocycles. The fourth-order valence-electron chi connectivity index (χ4n) is 3.78. The Kier molecular flexibility index (Phi) is 6.02. The van der Waals surface area contributed by atoms with Crippen molar-refractivity contribution < 1.29 is 14.3 Å². The number of anilines is 1. The minimum Gasteiger partial charge on any atom is -0.492 e. The van der Waals surface area contributed by atoms with Gasteiger partial charge in [-0.1, -0.05) is 18.2 Å². The fraction of sp³-hybridized carbons (Fsp3) is 0.292. The zero-order valence-corrected chi connectivity index (χ0v) is 17.8. The summed E-state index contributed by atoms with van der Waals surface area (Å²) in [5.41, 5.74) is 5.66. The molecule has 2 amide bonds. The second-order valence-corrected chi connectivity index (χ2v) is 7.64. The van der Waals surface area contributed by atoms with E-state index in [1.165, 1.54) is 0 Å². The molecular weight excluding hydrogens is 392 g/mol. The lowest BCUT2D eigenvalue weighted by atomic mass is 10.0. The number of para-hydroxylation sites is 1. The number of carbonyl (C=O) groups is 2. The van der Waals surface area contributed by atoms with Crippen molar-refractivity contribution in [1.82, 2.24) is 15.1 Å². The van der Waals surface area contributed by atoms with Crippen molar-refractivity contribution in [2.75, 3.05) is 18.5 Å². The third-order valence-corrected chi connectivity index (χ3v) is 5.44. The number of benzene rings is 2. The van der Waals surface area contributed by atoms with Crippen LogP contribution in [-0.2, 0) is 22.4 Å². The lowest BCUT2D eigenvalue weighted by Crippen LogP contribution is -2.29. The molecule has 0 spiro atoms. The summed E-state index contributed by atoms with van der Waals surface area (Å²) in [6.45, 7) is 4.70. The highest BCUT2D eigenvalue weighted by atomic mass is 16.5. The zero-order chi connectivity index (χ0) is 21.8. The Bertz CT molecular complexity index is 1110. The first-order valence-corrected chi connectivity index (χ1v) is 10.4. The predicted molar refractivity (Wildman–Crippen MR) is 119 cm³/mol. The molecule has 31 heavy (non-hydrogen) atoms. The highest BCUT2D eigenvalue weighted by Gasteiger charge is 2.16. The van der Waals surface area contributed by atoms with Gasteiger partial charge in [0.1, 0.15) is 12.4 Å². The number of nitrogens with one attached hydrogen (secondary N) is 2. The Morgan fingerprint density at radius 3 is 2.77 bits per heavy atom. The molecule has 0 atom stereocenters. The maximum atomic E-state index is 12.5. The molecule has 0 unspecified atom stereocenters. The van der Waals surface area contributed by atoms with E-state index in [1.807, 2.05) is 67.1 Å².